The van der Waals surface area contributed by atoms with Crippen LogP contribution in [0.5, 0.6) is 23.0 Å². The van der Waals surface area contributed by atoms with Crippen molar-refractivity contribution in [3.05, 3.63) is 42.0 Å². The fourth-order valence-corrected chi connectivity index (χ4v) is 6.84. The SMILES string of the molecule is Br.COc1ccc(C(C)CN(c2ccc(OC)c(OC)c2)C2(C)SCCCS2)cc1OC. The number of nitrogens with zero attached hydrogens (tertiary/aromatic N) is 1. The Hall–Kier alpha value is -1.38. The summed E-state index contributed by atoms with van der Waals surface area (Å²) in [7, 11) is 6.70. The molecule has 178 valence electrons. The highest BCUT2D eigenvalue weighted by atomic mass is 79.9. The van der Waals surface area contributed by atoms with Crippen LogP contribution in [0.2, 0.25) is 0 Å². The lowest BCUT2D eigenvalue weighted by Crippen LogP contribution is -2.45. The van der Waals surface area contributed by atoms with Crippen LogP contribution in [0.15, 0.2) is 36.4 Å². The third-order valence-corrected chi connectivity index (χ3v) is 8.84. The van der Waals surface area contributed by atoms with E-state index < -0.39 is 0 Å². The normalized spacial score (nSPS) is 15.8. The molecule has 32 heavy (non-hydrogen) atoms. The van der Waals surface area contributed by atoms with E-state index >= 15 is 0 Å². The van der Waals surface area contributed by atoms with Gasteiger partial charge in [0.25, 0.3) is 0 Å². The summed E-state index contributed by atoms with van der Waals surface area (Å²) in [6.45, 7) is 5.46. The monoisotopic (exact) mass is 543 g/mol. The number of hydrogen-bond donors (Lipinski definition) is 0. The highest BCUT2D eigenvalue weighted by Gasteiger charge is 2.36. The zero-order valence-electron chi connectivity index (χ0n) is 19.7. The molecule has 8 heteroatoms. The van der Waals surface area contributed by atoms with Gasteiger partial charge < -0.3 is 23.8 Å². The van der Waals surface area contributed by atoms with E-state index in [9.17, 15) is 0 Å². The standard InChI is InChI=1S/C24H33NO4S2.BrH/c1-17(18-8-10-20(26-3)22(14-18)28-5)16-25(24(2)30-12-7-13-31-24)19-9-11-21(27-4)23(15-19)29-6;/h8-11,14-15,17H,7,12-13,16H2,1-6H3;1H. The number of methoxy groups -OCH3 is 4. The van der Waals surface area contributed by atoms with Gasteiger partial charge in [-0.15, -0.1) is 40.5 Å². The Kier molecular flexibility index (Phi) is 10.2. The van der Waals surface area contributed by atoms with Crippen molar-refractivity contribution in [1.82, 2.24) is 0 Å². The Morgan fingerprint density at radius 1 is 0.844 bits per heavy atom. The van der Waals surface area contributed by atoms with Crippen molar-refractivity contribution >= 4 is 46.2 Å². The van der Waals surface area contributed by atoms with Crippen molar-refractivity contribution < 1.29 is 18.9 Å². The van der Waals surface area contributed by atoms with Crippen molar-refractivity contribution in [1.29, 1.82) is 0 Å². The molecule has 1 atom stereocenters. The first-order chi connectivity index (χ1) is 15.0. The molecule has 0 N–H and O–H groups in total. The zero-order chi connectivity index (χ0) is 22.4. The maximum Gasteiger partial charge on any atom is 0.162 e. The molecule has 1 aliphatic heterocycles. The zero-order valence-corrected chi connectivity index (χ0v) is 23.0. The molecule has 2 aromatic rings. The molecule has 0 spiro atoms. The molecule has 0 saturated carbocycles. The first kappa shape index (κ1) is 26.9. The van der Waals surface area contributed by atoms with Crippen LogP contribution in [-0.4, -0.2) is 50.7 Å². The van der Waals surface area contributed by atoms with Crippen LogP contribution in [-0.2, 0) is 0 Å². The molecule has 2 aromatic carbocycles. The van der Waals surface area contributed by atoms with Crippen LogP contribution >= 0.6 is 40.5 Å². The van der Waals surface area contributed by atoms with Gasteiger partial charge in [-0.3, -0.25) is 0 Å². The summed E-state index contributed by atoms with van der Waals surface area (Å²) in [6.07, 6.45) is 1.25. The molecule has 1 heterocycles. The second-order valence-electron chi connectivity index (χ2n) is 7.61. The molecule has 1 unspecified atom stereocenters. The molecule has 0 bridgehead atoms. The van der Waals surface area contributed by atoms with Crippen LogP contribution in [0.1, 0.15) is 31.7 Å². The van der Waals surface area contributed by atoms with Gasteiger partial charge >= 0.3 is 0 Å². The number of halogens is 1. The molecule has 0 aliphatic carbocycles. The largest absolute Gasteiger partial charge is 0.493 e. The highest BCUT2D eigenvalue weighted by molar-refractivity contribution is 8.93. The van der Waals surface area contributed by atoms with Crippen molar-refractivity contribution in [2.45, 2.75) is 30.4 Å². The van der Waals surface area contributed by atoms with Crippen molar-refractivity contribution in [2.75, 3.05) is 51.4 Å². The van der Waals surface area contributed by atoms with Gasteiger partial charge in [0.2, 0.25) is 0 Å². The molecule has 1 aliphatic rings. The average molecular weight is 545 g/mol. The van der Waals surface area contributed by atoms with E-state index in [2.05, 4.69) is 43.0 Å². The van der Waals surface area contributed by atoms with Crippen LogP contribution in [0.4, 0.5) is 5.69 Å². The van der Waals surface area contributed by atoms with E-state index in [1.54, 1.807) is 28.4 Å². The Morgan fingerprint density at radius 3 is 1.94 bits per heavy atom. The van der Waals surface area contributed by atoms with Crippen LogP contribution in [0.25, 0.3) is 0 Å². The molecule has 0 aromatic heterocycles. The lowest BCUT2D eigenvalue weighted by atomic mass is 9.99. The van der Waals surface area contributed by atoms with Crippen LogP contribution in [0, 0.1) is 0 Å². The second kappa shape index (κ2) is 12.2. The third-order valence-electron chi connectivity index (χ3n) is 5.63. The molecule has 0 radical (unpaired) electrons. The molecular weight excluding hydrogens is 510 g/mol. The van der Waals surface area contributed by atoms with Crippen LogP contribution in [0.3, 0.4) is 0 Å². The second-order valence-corrected chi connectivity index (χ2v) is 10.9. The van der Waals surface area contributed by atoms with Crippen molar-refractivity contribution in [3.63, 3.8) is 0 Å². The average Bonchev–Trinajstić information content (AvgIpc) is 2.81. The maximum atomic E-state index is 5.60. The fourth-order valence-electron chi connectivity index (χ4n) is 3.82. The number of ether oxygens (including phenoxy) is 4. The molecule has 1 saturated heterocycles. The number of anilines is 1. The van der Waals surface area contributed by atoms with Gasteiger partial charge in [-0.05, 0) is 60.6 Å². The van der Waals surface area contributed by atoms with Gasteiger partial charge in [0.1, 0.15) is 4.20 Å². The quantitative estimate of drug-likeness (QED) is 0.359. The summed E-state index contributed by atoms with van der Waals surface area (Å²) in [5.74, 6) is 5.62. The summed E-state index contributed by atoms with van der Waals surface area (Å²) < 4.78 is 21.9. The summed E-state index contributed by atoms with van der Waals surface area (Å²) >= 11 is 4.03. The summed E-state index contributed by atoms with van der Waals surface area (Å²) in [4.78, 5) is 2.50. The summed E-state index contributed by atoms with van der Waals surface area (Å²) in [6, 6.07) is 12.4. The Labute approximate surface area is 211 Å². The summed E-state index contributed by atoms with van der Waals surface area (Å²) in [5, 5.41) is 0. The lowest BCUT2D eigenvalue weighted by Gasteiger charge is -2.45. The molecule has 1 fully saturated rings. The smallest absolute Gasteiger partial charge is 0.162 e. The number of rotatable bonds is 9. The molecule has 3 rings (SSSR count). The Morgan fingerprint density at radius 2 is 1.38 bits per heavy atom. The van der Waals surface area contributed by atoms with Gasteiger partial charge in [-0.25, -0.2) is 0 Å². The van der Waals surface area contributed by atoms with Crippen molar-refractivity contribution in [3.8, 4) is 23.0 Å². The van der Waals surface area contributed by atoms with Gasteiger partial charge in [0, 0.05) is 18.3 Å². The topological polar surface area (TPSA) is 40.2 Å². The predicted molar refractivity (Wildman–Crippen MR) is 143 cm³/mol. The van der Waals surface area contributed by atoms with E-state index in [1.165, 1.54) is 12.0 Å². The Balaban J connectivity index is 0.00000363. The Bertz CT molecular complexity index is 877. The van der Waals surface area contributed by atoms with Gasteiger partial charge in [-0.1, -0.05) is 13.0 Å². The van der Waals surface area contributed by atoms with Gasteiger partial charge in [-0.2, -0.15) is 0 Å². The highest BCUT2D eigenvalue weighted by Crippen LogP contribution is 2.48. The first-order valence-electron chi connectivity index (χ1n) is 10.4. The van der Waals surface area contributed by atoms with E-state index in [0.717, 1.165) is 46.7 Å². The van der Waals surface area contributed by atoms with E-state index in [-0.39, 0.29) is 27.1 Å². The minimum Gasteiger partial charge on any atom is -0.493 e. The third kappa shape index (κ3) is 5.94. The van der Waals surface area contributed by atoms with E-state index in [0.29, 0.717) is 0 Å². The molecule has 5 nitrogen and oxygen atoms in total. The fraction of sp³-hybridized carbons (Fsp3) is 0.500. The number of hydrogen-bond acceptors (Lipinski definition) is 7. The molecule has 0 amide bonds. The minimum absolute atomic E-state index is 0. The number of benzene rings is 2. The van der Waals surface area contributed by atoms with E-state index in [1.807, 2.05) is 35.7 Å². The van der Waals surface area contributed by atoms with Crippen LogP contribution < -0.4 is 23.8 Å². The maximum absolute atomic E-state index is 5.60. The van der Waals surface area contributed by atoms with Crippen molar-refractivity contribution in [2.24, 2.45) is 0 Å². The predicted octanol–water partition coefficient (Wildman–Crippen LogP) is 6.45. The molecular formula is C24H34BrNO4S2. The number of thioether (sulfide) groups is 2. The summed E-state index contributed by atoms with van der Waals surface area (Å²) in [5.41, 5.74) is 2.35. The van der Waals surface area contributed by atoms with E-state index in [4.69, 9.17) is 18.9 Å². The lowest BCUT2D eigenvalue weighted by molar-refractivity contribution is 0.354. The first-order valence-corrected chi connectivity index (χ1v) is 12.4. The van der Waals surface area contributed by atoms with Gasteiger partial charge in [0.15, 0.2) is 23.0 Å². The minimum atomic E-state index is -0.0529. The van der Waals surface area contributed by atoms with Gasteiger partial charge in [0.05, 0.1) is 28.4 Å².